The van der Waals surface area contributed by atoms with Crippen molar-refractivity contribution in [1.82, 2.24) is 9.97 Å². The number of benzene rings is 3. The van der Waals surface area contributed by atoms with Crippen LogP contribution in [-0.4, -0.2) is 9.97 Å². The first-order valence-electron chi connectivity index (χ1n) is 11.2. The van der Waals surface area contributed by atoms with Crippen molar-refractivity contribution in [3.05, 3.63) is 120 Å². The summed E-state index contributed by atoms with van der Waals surface area (Å²) < 4.78 is 6.09. The van der Waals surface area contributed by atoms with Gasteiger partial charge in [0.15, 0.2) is 0 Å². The zero-order valence-electron chi connectivity index (χ0n) is 19.8. The van der Waals surface area contributed by atoms with E-state index >= 15 is 0 Å². The van der Waals surface area contributed by atoms with E-state index < -0.39 is 0 Å². The van der Waals surface area contributed by atoms with E-state index in [0.717, 1.165) is 44.5 Å². The molecule has 3 aromatic carbocycles. The molecular formula is C31H24IrN2O-2. The molecule has 4 heteroatoms. The summed E-state index contributed by atoms with van der Waals surface area (Å²) in [5, 5.41) is 2.25. The van der Waals surface area contributed by atoms with Gasteiger partial charge in [0.05, 0.1) is 5.58 Å². The second-order valence-electron chi connectivity index (χ2n) is 8.41. The summed E-state index contributed by atoms with van der Waals surface area (Å²) in [5.74, 6) is 0. The first-order chi connectivity index (χ1) is 16.6. The van der Waals surface area contributed by atoms with Gasteiger partial charge in [0.1, 0.15) is 5.58 Å². The molecule has 0 saturated heterocycles. The molecular weight excluding hydrogens is 609 g/mol. The van der Waals surface area contributed by atoms with E-state index in [1.807, 2.05) is 48.7 Å². The van der Waals surface area contributed by atoms with Gasteiger partial charge >= 0.3 is 0 Å². The number of hydrogen-bond acceptors (Lipinski definition) is 3. The third-order valence-electron chi connectivity index (χ3n) is 5.67. The van der Waals surface area contributed by atoms with Gasteiger partial charge in [-0.25, -0.2) is 0 Å². The van der Waals surface area contributed by atoms with Crippen LogP contribution >= 0.6 is 0 Å². The Morgan fingerprint density at radius 1 is 0.686 bits per heavy atom. The van der Waals surface area contributed by atoms with E-state index in [1.54, 1.807) is 6.20 Å². The van der Waals surface area contributed by atoms with Crippen molar-refractivity contribution >= 4 is 21.9 Å². The second-order valence-corrected chi connectivity index (χ2v) is 8.41. The van der Waals surface area contributed by atoms with Crippen LogP contribution in [-0.2, 0) is 20.1 Å². The minimum absolute atomic E-state index is 0. The van der Waals surface area contributed by atoms with Gasteiger partial charge in [0, 0.05) is 37.9 Å². The van der Waals surface area contributed by atoms with Crippen LogP contribution < -0.4 is 0 Å². The molecule has 0 amide bonds. The summed E-state index contributed by atoms with van der Waals surface area (Å²) in [6.45, 7) is 6.19. The minimum atomic E-state index is 0. The third kappa shape index (κ3) is 5.40. The molecule has 0 spiro atoms. The first kappa shape index (κ1) is 24.5. The molecule has 0 unspecified atom stereocenters. The standard InChI is InChI=1S/C19H14NO.C12H10N.Ir/c1-12-6-7-14-15-4-3-5-16(19(15)21-18(14)11-12)17-10-13(2)8-9-20-17;1-10-5-7-11(8-6-10)12-4-2-3-9-13-12;/h3-4,6-11H,1-2H3;2-7,9H,1H3;/q2*-1;. The number of aromatic nitrogens is 2. The maximum atomic E-state index is 6.09. The van der Waals surface area contributed by atoms with Gasteiger partial charge in [-0.15, -0.1) is 53.6 Å². The van der Waals surface area contributed by atoms with Gasteiger partial charge in [0.2, 0.25) is 0 Å². The van der Waals surface area contributed by atoms with Gasteiger partial charge in [-0.1, -0.05) is 53.8 Å². The van der Waals surface area contributed by atoms with Crippen molar-refractivity contribution in [3.8, 4) is 22.5 Å². The smallest absolute Gasteiger partial charge is 0.121 e. The van der Waals surface area contributed by atoms with E-state index in [0.29, 0.717) is 0 Å². The molecule has 35 heavy (non-hydrogen) atoms. The average molecular weight is 633 g/mol. The van der Waals surface area contributed by atoms with Crippen LogP contribution in [0.5, 0.6) is 0 Å². The predicted molar refractivity (Wildman–Crippen MR) is 139 cm³/mol. The van der Waals surface area contributed by atoms with Gasteiger partial charge < -0.3 is 14.4 Å². The molecule has 0 fully saturated rings. The Labute approximate surface area is 219 Å². The zero-order valence-corrected chi connectivity index (χ0v) is 22.2. The summed E-state index contributed by atoms with van der Waals surface area (Å²) in [7, 11) is 0. The summed E-state index contributed by atoms with van der Waals surface area (Å²) in [5.41, 5.74) is 9.21. The fourth-order valence-corrected chi connectivity index (χ4v) is 3.90. The van der Waals surface area contributed by atoms with Crippen molar-refractivity contribution in [2.75, 3.05) is 0 Å². The van der Waals surface area contributed by atoms with Crippen LogP contribution in [0.3, 0.4) is 0 Å². The van der Waals surface area contributed by atoms with Gasteiger partial charge in [-0.05, 0) is 49.0 Å². The molecule has 6 rings (SSSR count). The maximum Gasteiger partial charge on any atom is 0.121 e. The van der Waals surface area contributed by atoms with E-state index in [2.05, 4.69) is 79.3 Å². The number of fused-ring (bicyclic) bond motifs is 3. The van der Waals surface area contributed by atoms with Crippen LogP contribution in [0, 0.1) is 32.9 Å². The number of furan rings is 1. The van der Waals surface area contributed by atoms with E-state index in [-0.39, 0.29) is 20.1 Å². The Morgan fingerprint density at radius 2 is 1.49 bits per heavy atom. The largest absolute Gasteiger partial charge is 0.501 e. The van der Waals surface area contributed by atoms with Crippen LogP contribution in [0.15, 0.2) is 95.7 Å². The summed E-state index contributed by atoms with van der Waals surface area (Å²) in [6, 6.07) is 32.8. The monoisotopic (exact) mass is 633 g/mol. The molecule has 0 saturated carbocycles. The Bertz CT molecular complexity index is 1570. The van der Waals surface area contributed by atoms with E-state index in [1.165, 1.54) is 16.7 Å². The number of nitrogens with zero attached hydrogens (tertiary/aromatic N) is 2. The number of pyridine rings is 2. The summed E-state index contributed by atoms with van der Waals surface area (Å²) >= 11 is 0. The number of hydrogen-bond donors (Lipinski definition) is 0. The molecule has 0 aliphatic carbocycles. The molecule has 1 radical (unpaired) electrons. The van der Waals surface area contributed by atoms with Crippen molar-refractivity contribution < 1.29 is 24.5 Å². The van der Waals surface area contributed by atoms with Crippen LogP contribution in [0.25, 0.3) is 44.5 Å². The molecule has 6 aromatic rings. The molecule has 0 N–H and O–H groups in total. The average Bonchev–Trinajstić information content (AvgIpc) is 3.23. The summed E-state index contributed by atoms with van der Waals surface area (Å²) in [4.78, 5) is 8.70. The normalized spacial score (nSPS) is 10.5. The molecule has 3 nitrogen and oxygen atoms in total. The van der Waals surface area contributed by atoms with Gasteiger partial charge in [-0.2, -0.15) is 0 Å². The number of aryl methyl sites for hydroxylation is 3. The Balaban J connectivity index is 0.000000179. The van der Waals surface area contributed by atoms with Crippen molar-refractivity contribution in [2.45, 2.75) is 20.8 Å². The SMILES string of the molecule is Cc1c[c-]c(-c2ccccn2)cc1.Cc1ccnc(-c2[c-]ccc3c2oc2cc(C)ccc23)c1.[Ir]. The topological polar surface area (TPSA) is 38.9 Å². The van der Waals surface area contributed by atoms with Crippen molar-refractivity contribution in [1.29, 1.82) is 0 Å². The van der Waals surface area contributed by atoms with Gasteiger partial charge in [0.25, 0.3) is 0 Å². The Hall–Kier alpha value is -3.59. The predicted octanol–water partition coefficient (Wildman–Crippen LogP) is 7.92. The molecule has 175 valence electrons. The van der Waals surface area contributed by atoms with Crippen molar-refractivity contribution in [3.63, 3.8) is 0 Å². The molecule has 3 aromatic heterocycles. The van der Waals surface area contributed by atoms with E-state index in [4.69, 9.17) is 4.42 Å². The Kier molecular flexibility index (Phi) is 7.55. The molecule has 0 aliphatic heterocycles. The molecule has 0 bridgehead atoms. The first-order valence-corrected chi connectivity index (χ1v) is 11.2. The minimum Gasteiger partial charge on any atom is -0.501 e. The fraction of sp³-hybridized carbons (Fsp3) is 0.0968. The molecule has 3 heterocycles. The summed E-state index contributed by atoms with van der Waals surface area (Å²) in [6.07, 6.45) is 3.62. The molecule has 0 atom stereocenters. The van der Waals surface area contributed by atoms with Crippen LogP contribution in [0.2, 0.25) is 0 Å². The quantitative estimate of drug-likeness (QED) is 0.182. The van der Waals surface area contributed by atoms with Crippen molar-refractivity contribution in [2.24, 2.45) is 0 Å². The van der Waals surface area contributed by atoms with Gasteiger partial charge in [-0.3, -0.25) is 0 Å². The zero-order chi connectivity index (χ0) is 23.5. The molecule has 0 aliphatic rings. The van der Waals surface area contributed by atoms with Crippen LogP contribution in [0.1, 0.15) is 16.7 Å². The van der Waals surface area contributed by atoms with Crippen LogP contribution in [0.4, 0.5) is 0 Å². The van der Waals surface area contributed by atoms with E-state index in [9.17, 15) is 0 Å². The Morgan fingerprint density at radius 3 is 2.23 bits per heavy atom. The fourth-order valence-electron chi connectivity index (χ4n) is 3.90. The third-order valence-corrected chi connectivity index (χ3v) is 5.67. The number of rotatable bonds is 2. The second kappa shape index (κ2) is 10.8. The maximum absolute atomic E-state index is 6.09.